The molecule has 2 nitrogen and oxygen atoms in total. The zero-order valence-electron chi connectivity index (χ0n) is 6.98. The number of hydrogen-bond acceptors (Lipinski definition) is 2. The minimum Gasteiger partial charge on any atom is -0.241 e. The molecule has 2 heteroatoms. The molecular weight excluding hydrogens is 148 g/mol. The van der Waals surface area contributed by atoms with Crippen LogP contribution in [0.2, 0.25) is 0 Å². The SMILES string of the molecule is C1=CC(c2ncccn2)CCC1. The van der Waals surface area contributed by atoms with Crippen molar-refractivity contribution in [2.75, 3.05) is 0 Å². The van der Waals surface area contributed by atoms with Crippen LogP contribution in [0.3, 0.4) is 0 Å². The van der Waals surface area contributed by atoms with Gasteiger partial charge < -0.3 is 0 Å². The predicted molar refractivity (Wildman–Crippen MR) is 47.8 cm³/mol. The Morgan fingerprint density at radius 2 is 2.08 bits per heavy atom. The Balaban J connectivity index is 2.19. The van der Waals surface area contributed by atoms with Gasteiger partial charge in [0.25, 0.3) is 0 Å². The third-order valence-corrected chi connectivity index (χ3v) is 2.17. The molecule has 0 spiro atoms. The Kier molecular flexibility index (Phi) is 2.16. The third-order valence-electron chi connectivity index (χ3n) is 2.17. The highest BCUT2D eigenvalue weighted by Gasteiger charge is 2.12. The highest BCUT2D eigenvalue weighted by atomic mass is 14.9. The molecule has 0 fully saturated rings. The molecule has 0 amide bonds. The molecule has 0 radical (unpaired) electrons. The molecule has 1 aromatic heterocycles. The van der Waals surface area contributed by atoms with Gasteiger partial charge in [0.1, 0.15) is 5.82 Å². The molecule has 1 aliphatic rings. The highest BCUT2D eigenvalue weighted by molar-refractivity contribution is 5.09. The van der Waals surface area contributed by atoms with Crippen molar-refractivity contribution in [3.63, 3.8) is 0 Å². The second kappa shape index (κ2) is 3.48. The van der Waals surface area contributed by atoms with E-state index in [2.05, 4.69) is 22.1 Å². The van der Waals surface area contributed by atoms with Crippen molar-refractivity contribution < 1.29 is 0 Å². The number of aromatic nitrogens is 2. The average molecular weight is 160 g/mol. The van der Waals surface area contributed by atoms with E-state index in [0.29, 0.717) is 5.92 Å². The Morgan fingerprint density at radius 3 is 2.75 bits per heavy atom. The largest absolute Gasteiger partial charge is 0.241 e. The van der Waals surface area contributed by atoms with E-state index in [9.17, 15) is 0 Å². The van der Waals surface area contributed by atoms with Gasteiger partial charge in [-0.05, 0) is 25.3 Å². The molecule has 1 aromatic rings. The average Bonchev–Trinajstić information content (AvgIpc) is 2.21. The van der Waals surface area contributed by atoms with Crippen molar-refractivity contribution in [2.24, 2.45) is 0 Å². The van der Waals surface area contributed by atoms with Crippen molar-refractivity contribution >= 4 is 0 Å². The maximum absolute atomic E-state index is 4.24. The summed E-state index contributed by atoms with van der Waals surface area (Å²) in [4.78, 5) is 8.48. The summed E-state index contributed by atoms with van der Waals surface area (Å²) in [5.41, 5.74) is 0. The Hall–Kier alpha value is -1.18. The molecule has 12 heavy (non-hydrogen) atoms. The lowest BCUT2D eigenvalue weighted by molar-refractivity contribution is 0.625. The van der Waals surface area contributed by atoms with Crippen LogP contribution < -0.4 is 0 Å². The van der Waals surface area contributed by atoms with Gasteiger partial charge in [-0.15, -0.1) is 0 Å². The van der Waals surface area contributed by atoms with Crippen molar-refractivity contribution in [3.05, 3.63) is 36.4 Å². The molecule has 0 aromatic carbocycles. The lowest BCUT2D eigenvalue weighted by Gasteiger charge is -2.13. The molecule has 1 unspecified atom stereocenters. The fourth-order valence-electron chi connectivity index (χ4n) is 1.53. The monoisotopic (exact) mass is 160 g/mol. The number of nitrogens with zero attached hydrogens (tertiary/aromatic N) is 2. The molecule has 1 atom stereocenters. The first-order valence-electron chi connectivity index (χ1n) is 4.40. The van der Waals surface area contributed by atoms with Crippen LogP contribution in [0.5, 0.6) is 0 Å². The van der Waals surface area contributed by atoms with E-state index >= 15 is 0 Å². The Labute approximate surface area is 72.4 Å². The number of allylic oxidation sites excluding steroid dienone is 2. The van der Waals surface area contributed by atoms with E-state index in [0.717, 1.165) is 5.82 Å². The van der Waals surface area contributed by atoms with Crippen LogP contribution >= 0.6 is 0 Å². The second-order valence-corrected chi connectivity index (χ2v) is 3.07. The molecule has 2 rings (SSSR count). The van der Waals surface area contributed by atoms with Gasteiger partial charge in [-0.25, -0.2) is 9.97 Å². The topological polar surface area (TPSA) is 25.8 Å². The van der Waals surface area contributed by atoms with Crippen LogP contribution in [0.15, 0.2) is 30.6 Å². The Morgan fingerprint density at radius 1 is 1.25 bits per heavy atom. The van der Waals surface area contributed by atoms with E-state index in [1.165, 1.54) is 19.3 Å². The minimum absolute atomic E-state index is 0.458. The van der Waals surface area contributed by atoms with Crippen molar-refractivity contribution in [2.45, 2.75) is 25.2 Å². The number of hydrogen-bond donors (Lipinski definition) is 0. The first-order chi connectivity index (χ1) is 5.97. The van der Waals surface area contributed by atoms with Crippen LogP contribution in [0.25, 0.3) is 0 Å². The van der Waals surface area contributed by atoms with E-state index in [-0.39, 0.29) is 0 Å². The molecule has 0 N–H and O–H groups in total. The first-order valence-corrected chi connectivity index (χ1v) is 4.40. The summed E-state index contributed by atoms with van der Waals surface area (Å²) in [6.07, 6.45) is 11.7. The molecule has 1 aliphatic carbocycles. The molecule has 0 saturated carbocycles. The lowest BCUT2D eigenvalue weighted by Crippen LogP contribution is -2.03. The van der Waals surface area contributed by atoms with Gasteiger partial charge in [-0.1, -0.05) is 12.2 Å². The zero-order valence-corrected chi connectivity index (χ0v) is 6.98. The van der Waals surface area contributed by atoms with Crippen molar-refractivity contribution in [3.8, 4) is 0 Å². The van der Waals surface area contributed by atoms with E-state index in [4.69, 9.17) is 0 Å². The summed E-state index contributed by atoms with van der Waals surface area (Å²) in [6, 6.07) is 1.86. The lowest BCUT2D eigenvalue weighted by atomic mass is 9.95. The van der Waals surface area contributed by atoms with Crippen LogP contribution in [-0.2, 0) is 0 Å². The molecule has 0 saturated heterocycles. The number of rotatable bonds is 1. The summed E-state index contributed by atoms with van der Waals surface area (Å²) >= 11 is 0. The van der Waals surface area contributed by atoms with Crippen molar-refractivity contribution in [1.82, 2.24) is 9.97 Å². The first kappa shape index (κ1) is 7.47. The molecule has 0 bridgehead atoms. The standard InChI is InChI=1S/C10H12N2/c1-2-5-9(6-3-1)10-11-7-4-8-12-10/h2,4-5,7-9H,1,3,6H2. The van der Waals surface area contributed by atoms with Crippen LogP contribution in [0, 0.1) is 0 Å². The van der Waals surface area contributed by atoms with Gasteiger partial charge in [0, 0.05) is 18.3 Å². The minimum atomic E-state index is 0.458. The van der Waals surface area contributed by atoms with E-state index < -0.39 is 0 Å². The fourth-order valence-corrected chi connectivity index (χ4v) is 1.53. The predicted octanol–water partition coefficient (Wildman–Crippen LogP) is 2.30. The maximum Gasteiger partial charge on any atom is 0.135 e. The van der Waals surface area contributed by atoms with Gasteiger partial charge >= 0.3 is 0 Å². The van der Waals surface area contributed by atoms with Gasteiger partial charge in [0.15, 0.2) is 0 Å². The van der Waals surface area contributed by atoms with Crippen LogP contribution in [-0.4, -0.2) is 9.97 Å². The van der Waals surface area contributed by atoms with E-state index in [1.807, 2.05) is 18.5 Å². The van der Waals surface area contributed by atoms with Crippen molar-refractivity contribution in [1.29, 1.82) is 0 Å². The normalized spacial score (nSPS) is 22.5. The fraction of sp³-hybridized carbons (Fsp3) is 0.400. The van der Waals surface area contributed by atoms with Gasteiger partial charge in [-0.2, -0.15) is 0 Å². The smallest absolute Gasteiger partial charge is 0.135 e. The third kappa shape index (κ3) is 1.52. The summed E-state index contributed by atoms with van der Waals surface area (Å²) in [5, 5.41) is 0. The molecule has 62 valence electrons. The highest BCUT2D eigenvalue weighted by Crippen LogP contribution is 2.24. The Bertz CT molecular complexity index is 266. The van der Waals surface area contributed by atoms with Gasteiger partial charge in [0.05, 0.1) is 0 Å². The summed E-state index contributed by atoms with van der Waals surface area (Å²) in [6.45, 7) is 0. The van der Waals surface area contributed by atoms with Gasteiger partial charge in [0.2, 0.25) is 0 Å². The molecule has 1 heterocycles. The van der Waals surface area contributed by atoms with Gasteiger partial charge in [-0.3, -0.25) is 0 Å². The maximum atomic E-state index is 4.24. The van der Waals surface area contributed by atoms with E-state index in [1.54, 1.807) is 0 Å². The zero-order chi connectivity index (χ0) is 8.23. The summed E-state index contributed by atoms with van der Waals surface area (Å²) in [5.74, 6) is 1.42. The molecular formula is C10H12N2. The summed E-state index contributed by atoms with van der Waals surface area (Å²) in [7, 11) is 0. The van der Waals surface area contributed by atoms with Crippen LogP contribution in [0.1, 0.15) is 31.0 Å². The molecule has 0 aliphatic heterocycles. The quantitative estimate of drug-likeness (QED) is 0.589. The summed E-state index contributed by atoms with van der Waals surface area (Å²) < 4.78 is 0. The second-order valence-electron chi connectivity index (χ2n) is 3.07. The van der Waals surface area contributed by atoms with Crippen LogP contribution in [0.4, 0.5) is 0 Å².